The molecule has 4 heterocycles. The van der Waals surface area contributed by atoms with Gasteiger partial charge < -0.3 is 19.9 Å². The molecule has 1 fully saturated rings. The number of pyridine rings is 2. The molecule has 0 saturated carbocycles. The van der Waals surface area contributed by atoms with Crippen LogP contribution >= 0.6 is 0 Å². The van der Waals surface area contributed by atoms with Gasteiger partial charge in [-0.3, -0.25) is 14.6 Å². The minimum absolute atomic E-state index is 0.0154. The molecule has 160 valence electrons. The zero-order valence-electron chi connectivity index (χ0n) is 17.5. The zero-order chi connectivity index (χ0) is 21.8. The molecule has 1 aliphatic rings. The molecule has 3 aromatic heterocycles. The summed E-state index contributed by atoms with van der Waals surface area (Å²) in [5.41, 5.74) is 2.28. The molecule has 0 radical (unpaired) electrons. The highest BCUT2D eigenvalue weighted by molar-refractivity contribution is 5.79. The van der Waals surface area contributed by atoms with Crippen LogP contribution < -0.4 is 10.9 Å². The molecular weight excluding hydrogens is 396 g/mol. The monoisotopic (exact) mass is 420 g/mol. The van der Waals surface area contributed by atoms with Crippen molar-refractivity contribution in [2.75, 3.05) is 25.0 Å². The van der Waals surface area contributed by atoms with Crippen LogP contribution in [0, 0.1) is 13.8 Å². The Labute approximate surface area is 179 Å². The fourth-order valence-electron chi connectivity index (χ4n) is 3.53. The van der Waals surface area contributed by atoms with Crippen LogP contribution in [0.5, 0.6) is 0 Å². The molecule has 0 bridgehead atoms. The molecular formula is C22H24N6O3. The van der Waals surface area contributed by atoms with Crippen LogP contribution in [0.3, 0.4) is 0 Å². The second-order valence-electron chi connectivity index (χ2n) is 7.40. The summed E-state index contributed by atoms with van der Waals surface area (Å²) >= 11 is 0. The number of carbonyl (C=O) groups is 1. The highest BCUT2D eigenvalue weighted by Crippen LogP contribution is 2.23. The van der Waals surface area contributed by atoms with Crippen LogP contribution in [-0.2, 0) is 16.0 Å². The molecule has 3 aromatic rings. The van der Waals surface area contributed by atoms with E-state index >= 15 is 0 Å². The fourth-order valence-corrected chi connectivity index (χ4v) is 3.53. The summed E-state index contributed by atoms with van der Waals surface area (Å²) in [5.74, 6) is 1.15. The molecule has 1 amide bonds. The number of nitrogens with one attached hydrogen (secondary N) is 2. The highest BCUT2D eigenvalue weighted by Gasteiger charge is 2.27. The Morgan fingerprint density at radius 1 is 1.26 bits per heavy atom. The maximum absolute atomic E-state index is 12.8. The van der Waals surface area contributed by atoms with E-state index in [0.29, 0.717) is 36.8 Å². The van der Waals surface area contributed by atoms with Crippen molar-refractivity contribution in [3.05, 3.63) is 75.9 Å². The van der Waals surface area contributed by atoms with Gasteiger partial charge in [0.25, 0.3) is 5.56 Å². The highest BCUT2D eigenvalue weighted by atomic mass is 16.5. The van der Waals surface area contributed by atoms with E-state index in [1.807, 2.05) is 30.3 Å². The molecule has 0 spiro atoms. The lowest BCUT2D eigenvalue weighted by Crippen LogP contribution is -2.43. The number of morpholine rings is 1. The largest absolute Gasteiger partial charge is 0.368 e. The second kappa shape index (κ2) is 9.05. The third-order valence-corrected chi connectivity index (χ3v) is 5.14. The third kappa shape index (κ3) is 4.95. The van der Waals surface area contributed by atoms with E-state index < -0.39 is 0 Å². The van der Waals surface area contributed by atoms with E-state index in [-0.39, 0.29) is 24.0 Å². The van der Waals surface area contributed by atoms with Crippen LogP contribution in [0.1, 0.15) is 28.9 Å². The van der Waals surface area contributed by atoms with Crippen molar-refractivity contribution in [2.24, 2.45) is 0 Å². The Morgan fingerprint density at radius 3 is 2.84 bits per heavy atom. The third-order valence-electron chi connectivity index (χ3n) is 5.14. The molecule has 2 N–H and O–H groups in total. The minimum Gasteiger partial charge on any atom is -0.368 e. The summed E-state index contributed by atoms with van der Waals surface area (Å²) in [5, 5.41) is 3.19. The molecule has 1 atom stereocenters. The van der Waals surface area contributed by atoms with Gasteiger partial charge in [0.1, 0.15) is 17.7 Å². The first-order chi connectivity index (χ1) is 15.0. The van der Waals surface area contributed by atoms with E-state index in [0.717, 1.165) is 17.2 Å². The Hall–Kier alpha value is -3.59. The van der Waals surface area contributed by atoms with Gasteiger partial charge in [0.05, 0.1) is 37.2 Å². The first kappa shape index (κ1) is 20.7. The van der Waals surface area contributed by atoms with Crippen molar-refractivity contribution in [1.29, 1.82) is 0 Å². The number of rotatable bonds is 5. The lowest BCUT2D eigenvalue weighted by Gasteiger charge is -2.32. The molecule has 9 nitrogen and oxygen atoms in total. The van der Waals surface area contributed by atoms with Crippen molar-refractivity contribution in [2.45, 2.75) is 26.4 Å². The average molecular weight is 420 g/mol. The number of aromatic nitrogens is 4. The van der Waals surface area contributed by atoms with Crippen molar-refractivity contribution < 1.29 is 9.53 Å². The standard InChI is InChI=1S/C22H24N6O3/c1-14-17(22(30)26-15(2)25-14)11-21(29)28-9-10-31-19(13-28)18-7-6-16(12-24-18)27-20-5-3-4-8-23-20/h3-8,12,19H,9-11,13H2,1-2H3,(H,23,27)(H,25,26,30)/t19-/m0/s1. The van der Waals surface area contributed by atoms with E-state index in [9.17, 15) is 9.59 Å². The van der Waals surface area contributed by atoms with Crippen LogP contribution in [0.2, 0.25) is 0 Å². The van der Waals surface area contributed by atoms with E-state index in [4.69, 9.17) is 4.74 Å². The number of hydrogen-bond acceptors (Lipinski definition) is 7. The quantitative estimate of drug-likeness (QED) is 0.650. The maximum atomic E-state index is 12.8. The number of nitrogens with zero attached hydrogens (tertiary/aromatic N) is 4. The van der Waals surface area contributed by atoms with Gasteiger partial charge in [-0.05, 0) is 38.1 Å². The molecule has 31 heavy (non-hydrogen) atoms. The number of aryl methyl sites for hydroxylation is 2. The van der Waals surface area contributed by atoms with Crippen molar-refractivity contribution in [3.63, 3.8) is 0 Å². The van der Waals surface area contributed by atoms with Gasteiger partial charge in [0, 0.05) is 24.0 Å². The summed E-state index contributed by atoms with van der Waals surface area (Å²) < 4.78 is 5.85. The van der Waals surface area contributed by atoms with Crippen LogP contribution in [0.4, 0.5) is 11.5 Å². The lowest BCUT2D eigenvalue weighted by atomic mass is 10.1. The summed E-state index contributed by atoms with van der Waals surface area (Å²) in [4.78, 5) is 42.4. The number of carbonyl (C=O) groups excluding carboxylic acids is 1. The number of anilines is 2. The predicted molar refractivity (Wildman–Crippen MR) is 115 cm³/mol. The first-order valence-electron chi connectivity index (χ1n) is 10.1. The lowest BCUT2D eigenvalue weighted by molar-refractivity contribution is -0.138. The van der Waals surface area contributed by atoms with Crippen LogP contribution in [0.15, 0.2) is 47.5 Å². The van der Waals surface area contributed by atoms with Gasteiger partial charge in [0.15, 0.2) is 0 Å². The minimum atomic E-state index is -0.322. The SMILES string of the molecule is Cc1nc(C)c(CC(=O)N2CCO[C@H](c3ccc(Nc4ccccn4)cn3)C2)c(=O)[nH]1. The Kier molecular flexibility index (Phi) is 6.03. The Balaban J connectivity index is 1.41. The number of hydrogen-bond donors (Lipinski definition) is 2. The topological polar surface area (TPSA) is 113 Å². The van der Waals surface area contributed by atoms with Gasteiger partial charge in [-0.2, -0.15) is 0 Å². The van der Waals surface area contributed by atoms with Gasteiger partial charge in [-0.1, -0.05) is 6.07 Å². The van der Waals surface area contributed by atoms with Gasteiger partial charge in [0.2, 0.25) is 5.91 Å². The van der Waals surface area contributed by atoms with E-state index in [1.54, 1.807) is 31.1 Å². The molecule has 9 heteroatoms. The fraction of sp³-hybridized carbons (Fsp3) is 0.318. The Bertz CT molecular complexity index is 1110. The average Bonchev–Trinajstić information content (AvgIpc) is 2.77. The molecule has 1 aliphatic heterocycles. The Morgan fingerprint density at radius 2 is 2.13 bits per heavy atom. The summed E-state index contributed by atoms with van der Waals surface area (Å²) in [6.07, 6.45) is 3.13. The van der Waals surface area contributed by atoms with Crippen molar-refractivity contribution >= 4 is 17.4 Å². The molecule has 1 saturated heterocycles. The number of amides is 1. The predicted octanol–water partition coefficient (Wildman–Crippen LogP) is 2.06. The van der Waals surface area contributed by atoms with Gasteiger partial charge in [-0.25, -0.2) is 9.97 Å². The molecule has 0 aromatic carbocycles. The summed E-state index contributed by atoms with van der Waals surface area (Å²) in [6, 6.07) is 9.41. The second-order valence-corrected chi connectivity index (χ2v) is 7.40. The zero-order valence-corrected chi connectivity index (χ0v) is 17.5. The normalized spacial score (nSPS) is 16.2. The van der Waals surface area contributed by atoms with Gasteiger partial charge >= 0.3 is 0 Å². The van der Waals surface area contributed by atoms with E-state index in [2.05, 4.69) is 25.3 Å². The first-order valence-corrected chi connectivity index (χ1v) is 10.1. The van der Waals surface area contributed by atoms with Crippen LogP contribution in [0.25, 0.3) is 0 Å². The van der Waals surface area contributed by atoms with E-state index in [1.165, 1.54) is 0 Å². The molecule has 0 aliphatic carbocycles. The summed E-state index contributed by atoms with van der Waals surface area (Å²) in [6.45, 7) is 4.74. The smallest absolute Gasteiger partial charge is 0.254 e. The molecule has 0 unspecified atom stereocenters. The van der Waals surface area contributed by atoms with Gasteiger partial charge in [-0.15, -0.1) is 0 Å². The number of H-pyrrole nitrogens is 1. The summed E-state index contributed by atoms with van der Waals surface area (Å²) in [7, 11) is 0. The molecule has 4 rings (SSSR count). The van der Waals surface area contributed by atoms with Crippen molar-refractivity contribution in [1.82, 2.24) is 24.8 Å². The number of aromatic amines is 1. The van der Waals surface area contributed by atoms with Crippen LogP contribution in [-0.4, -0.2) is 50.4 Å². The maximum Gasteiger partial charge on any atom is 0.254 e. The van der Waals surface area contributed by atoms with Crippen molar-refractivity contribution in [3.8, 4) is 0 Å². The number of ether oxygens (including phenoxy) is 1.